The lowest BCUT2D eigenvalue weighted by Crippen LogP contribution is -2.33. The van der Waals surface area contributed by atoms with E-state index < -0.39 is 6.23 Å². The van der Waals surface area contributed by atoms with Crippen molar-refractivity contribution in [3.8, 4) is 23.0 Å². The van der Waals surface area contributed by atoms with Crippen LogP contribution in [0.3, 0.4) is 0 Å². The number of hydrogen-bond donors (Lipinski definition) is 1. The molecule has 0 saturated carbocycles. The van der Waals surface area contributed by atoms with Gasteiger partial charge >= 0.3 is 0 Å². The molecule has 0 aromatic heterocycles. The number of methoxy groups -OCH3 is 2. The fourth-order valence-electron chi connectivity index (χ4n) is 4.12. The molecule has 0 unspecified atom stereocenters. The summed E-state index contributed by atoms with van der Waals surface area (Å²) < 4.78 is 17.3. The molecular formula is C24H22N2O4. The van der Waals surface area contributed by atoms with Crippen LogP contribution in [-0.2, 0) is 0 Å². The maximum atomic E-state index is 10.5. The third-order valence-corrected chi connectivity index (χ3v) is 5.60. The number of ether oxygens (including phenoxy) is 3. The monoisotopic (exact) mass is 402 g/mol. The van der Waals surface area contributed by atoms with E-state index in [0.29, 0.717) is 23.5 Å². The molecule has 2 aliphatic heterocycles. The van der Waals surface area contributed by atoms with Crippen LogP contribution >= 0.6 is 0 Å². The van der Waals surface area contributed by atoms with Crippen LogP contribution in [0.25, 0.3) is 0 Å². The van der Waals surface area contributed by atoms with Gasteiger partial charge in [-0.25, -0.2) is 5.01 Å². The minimum atomic E-state index is -0.398. The molecule has 2 heterocycles. The first-order chi connectivity index (χ1) is 14.7. The number of fused-ring (bicyclic) bond motifs is 3. The van der Waals surface area contributed by atoms with Crippen LogP contribution < -0.4 is 14.2 Å². The van der Waals surface area contributed by atoms with E-state index in [9.17, 15) is 5.11 Å². The van der Waals surface area contributed by atoms with Gasteiger partial charge in [0.05, 0.1) is 26.0 Å². The number of aromatic hydroxyl groups is 1. The minimum absolute atomic E-state index is 0.0327. The van der Waals surface area contributed by atoms with E-state index in [4.69, 9.17) is 19.3 Å². The molecule has 5 rings (SSSR count). The van der Waals surface area contributed by atoms with Crippen molar-refractivity contribution in [2.45, 2.75) is 18.7 Å². The van der Waals surface area contributed by atoms with Crippen molar-refractivity contribution in [1.29, 1.82) is 0 Å². The Morgan fingerprint density at radius 2 is 1.83 bits per heavy atom. The van der Waals surface area contributed by atoms with Crippen molar-refractivity contribution >= 4 is 5.71 Å². The highest BCUT2D eigenvalue weighted by atomic mass is 16.5. The molecule has 0 fully saturated rings. The first-order valence-corrected chi connectivity index (χ1v) is 9.81. The van der Waals surface area contributed by atoms with Gasteiger partial charge in [0.25, 0.3) is 0 Å². The van der Waals surface area contributed by atoms with Crippen LogP contribution in [0, 0.1) is 0 Å². The standard InChI is InChI=1S/C24H22N2O4/c1-28-16-11-12-21(27)18(13-16)19-14-20-17-9-6-10-22(29-2)23(17)30-24(26(20)25-19)15-7-4-3-5-8-15/h3-13,20,24,27H,14H2,1-2H3/t20-,24-/m1/s1. The summed E-state index contributed by atoms with van der Waals surface area (Å²) in [5, 5.41) is 17.4. The Morgan fingerprint density at radius 1 is 1.00 bits per heavy atom. The molecular weight excluding hydrogens is 380 g/mol. The van der Waals surface area contributed by atoms with E-state index in [1.807, 2.05) is 59.6 Å². The molecule has 0 spiro atoms. The Labute approximate surface area is 174 Å². The van der Waals surface area contributed by atoms with E-state index in [2.05, 4.69) is 0 Å². The molecule has 3 aromatic rings. The Balaban J connectivity index is 1.63. The summed E-state index contributed by atoms with van der Waals surface area (Å²) in [6.07, 6.45) is 0.235. The lowest BCUT2D eigenvalue weighted by atomic mass is 9.95. The Bertz CT molecular complexity index is 1110. The van der Waals surface area contributed by atoms with E-state index in [0.717, 1.165) is 22.6 Å². The van der Waals surface area contributed by atoms with Gasteiger partial charge in [0.15, 0.2) is 11.5 Å². The van der Waals surface area contributed by atoms with Gasteiger partial charge < -0.3 is 19.3 Å². The Morgan fingerprint density at radius 3 is 2.60 bits per heavy atom. The van der Waals surface area contributed by atoms with Crippen molar-refractivity contribution in [2.24, 2.45) is 5.10 Å². The summed E-state index contributed by atoms with van der Waals surface area (Å²) in [6.45, 7) is 0. The van der Waals surface area contributed by atoms with E-state index in [-0.39, 0.29) is 11.8 Å². The summed E-state index contributed by atoms with van der Waals surface area (Å²) in [6, 6.07) is 21.1. The zero-order chi connectivity index (χ0) is 20.7. The number of rotatable bonds is 4. The lowest BCUT2D eigenvalue weighted by molar-refractivity contribution is -0.0209. The molecule has 0 aliphatic carbocycles. The third-order valence-electron chi connectivity index (χ3n) is 5.60. The van der Waals surface area contributed by atoms with Gasteiger partial charge in [-0.2, -0.15) is 5.10 Å². The minimum Gasteiger partial charge on any atom is -0.507 e. The molecule has 3 aromatic carbocycles. The van der Waals surface area contributed by atoms with E-state index in [1.54, 1.807) is 26.4 Å². The number of hydrogen-bond acceptors (Lipinski definition) is 6. The second-order valence-corrected chi connectivity index (χ2v) is 7.29. The number of phenols is 1. The SMILES string of the molecule is COc1ccc(O)c(C2=NN3[C@H](C2)c2cccc(OC)c2O[C@@H]3c2ccccc2)c1. The van der Waals surface area contributed by atoms with Crippen LogP contribution in [0.2, 0.25) is 0 Å². The van der Waals surface area contributed by atoms with Crippen LogP contribution in [0.1, 0.15) is 35.4 Å². The van der Waals surface area contributed by atoms with Gasteiger partial charge in [-0.05, 0) is 24.3 Å². The fourth-order valence-corrected chi connectivity index (χ4v) is 4.12. The molecule has 0 radical (unpaired) electrons. The first-order valence-electron chi connectivity index (χ1n) is 9.81. The fraction of sp³-hybridized carbons (Fsp3) is 0.208. The predicted octanol–water partition coefficient (Wildman–Crippen LogP) is 4.65. The summed E-state index contributed by atoms with van der Waals surface area (Å²) in [4.78, 5) is 0. The largest absolute Gasteiger partial charge is 0.507 e. The highest BCUT2D eigenvalue weighted by Gasteiger charge is 2.42. The van der Waals surface area contributed by atoms with Gasteiger partial charge in [-0.3, -0.25) is 0 Å². The highest BCUT2D eigenvalue weighted by molar-refractivity contribution is 6.04. The second-order valence-electron chi connectivity index (χ2n) is 7.29. The summed E-state index contributed by atoms with van der Waals surface area (Å²) in [7, 11) is 3.26. The van der Waals surface area contributed by atoms with Crippen LogP contribution in [0.4, 0.5) is 0 Å². The van der Waals surface area contributed by atoms with Crippen LogP contribution in [-0.4, -0.2) is 30.0 Å². The quantitative estimate of drug-likeness (QED) is 0.688. The molecule has 1 N–H and O–H groups in total. The van der Waals surface area contributed by atoms with Gasteiger partial charge in [-0.15, -0.1) is 0 Å². The van der Waals surface area contributed by atoms with Gasteiger partial charge in [0.1, 0.15) is 11.5 Å². The second kappa shape index (κ2) is 7.30. The molecule has 0 bridgehead atoms. The maximum absolute atomic E-state index is 10.5. The third kappa shape index (κ3) is 2.92. The number of phenolic OH excluding ortho intramolecular Hbond substituents is 1. The van der Waals surface area contributed by atoms with E-state index in [1.165, 1.54) is 0 Å². The predicted molar refractivity (Wildman–Crippen MR) is 113 cm³/mol. The summed E-state index contributed by atoms with van der Waals surface area (Å²) in [5.74, 6) is 2.29. The zero-order valence-electron chi connectivity index (χ0n) is 16.8. The Kier molecular flexibility index (Phi) is 4.47. The summed E-state index contributed by atoms with van der Waals surface area (Å²) in [5.41, 5.74) is 3.47. The average Bonchev–Trinajstić information content (AvgIpc) is 3.24. The topological polar surface area (TPSA) is 63.5 Å². The van der Waals surface area contributed by atoms with Gasteiger partial charge in [0, 0.05) is 23.1 Å². The number of hydrazone groups is 1. The van der Waals surface area contributed by atoms with Crippen molar-refractivity contribution in [3.63, 3.8) is 0 Å². The van der Waals surface area contributed by atoms with Gasteiger partial charge in [-0.1, -0.05) is 42.5 Å². The van der Waals surface area contributed by atoms with Crippen molar-refractivity contribution in [1.82, 2.24) is 5.01 Å². The van der Waals surface area contributed by atoms with Crippen molar-refractivity contribution in [2.75, 3.05) is 14.2 Å². The van der Waals surface area contributed by atoms with E-state index >= 15 is 0 Å². The maximum Gasteiger partial charge on any atom is 0.214 e. The van der Waals surface area contributed by atoms with Crippen LogP contribution in [0.5, 0.6) is 23.0 Å². The lowest BCUT2D eigenvalue weighted by Gasteiger charge is -2.38. The molecule has 2 atom stereocenters. The first kappa shape index (κ1) is 18.4. The normalized spacial score (nSPS) is 19.4. The number of para-hydroxylation sites is 1. The highest BCUT2D eigenvalue weighted by Crippen LogP contribution is 2.51. The van der Waals surface area contributed by atoms with Gasteiger partial charge in [0.2, 0.25) is 6.23 Å². The molecule has 6 heteroatoms. The molecule has 152 valence electrons. The van der Waals surface area contributed by atoms with Crippen molar-refractivity contribution < 1.29 is 19.3 Å². The molecule has 0 amide bonds. The smallest absolute Gasteiger partial charge is 0.214 e. The number of benzene rings is 3. The Hall–Kier alpha value is -3.67. The average molecular weight is 402 g/mol. The van der Waals surface area contributed by atoms with Crippen LogP contribution in [0.15, 0.2) is 71.8 Å². The molecule has 0 saturated heterocycles. The molecule has 6 nitrogen and oxygen atoms in total. The molecule has 2 aliphatic rings. The van der Waals surface area contributed by atoms with Crippen molar-refractivity contribution in [3.05, 3.63) is 83.4 Å². The molecule has 30 heavy (non-hydrogen) atoms. The zero-order valence-corrected chi connectivity index (χ0v) is 16.8. The summed E-state index contributed by atoms with van der Waals surface area (Å²) >= 11 is 0. The number of nitrogens with zero attached hydrogens (tertiary/aromatic N) is 2.